The van der Waals surface area contributed by atoms with Gasteiger partial charge >= 0.3 is 0 Å². The molecule has 1 saturated carbocycles. The summed E-state index contributed by atoms with van der Waals surface area (Å²) in [4.78, 5) is 2.55. The van der Waals surface area contributed by atoms with Crippen LogP contribution in [0.15, 0.2) is 22.8 Å². The van der Waals surface area contributed by atoms with Crippen LogP contribution in [0, 0.1) is 0 Å². The van der Waals surface area contributed by atoms with Gasteiger partial charge in [-0.1, -0.05) is 6.92 Å². The summed E-state index contributed by atoms with van der Waals surface area (Å²) < 4.78 is 5.25. The molecule has 0 unspecified atom stereocenters. The number of hydrogen-bond donors (Lipinski definition) is 1. The molecule has 84 valence electrons. The Morgan fingerprint density at radius 3 is 3.00 bits per heavy atom. The van der Waals surface area contributed by atoms with E-state index in [1.54, 1.807) is 6.26 Å². The van der Waals surface area contributed by atoms with E-state index in [0.717, 1.165) is 31.4 Å². The Morgan fingerprint density at radius 2 is 2.40 bits per heavy atom. The summed E-state index contributed by atoms with van der Waals surface area (Å²) in [6, 6.07) is 4.81. The van der Waals surface area contributed by atoms with Crippen LogP contribution in [0.2, 0.25) is 0 Å². The SMILES string of the molecule is CCN(CCNCc1ccco1)C1CC1. The van der Waals surface area contributed by atoms with Crippen LogP contribution < -0.4 is 5.32 Å². The van der Waals surface area contributed by atoms with E-state index in [4.69, 9.17) is 4.42 Å². The maximum atomic E-state index is 5.25. The second-order valence-electron chi connectivity index (χ2n) is 4.12. The van der Waals surface area contributed by atoms with Crippen LogP contribution in [0.1, 0.15) is 25.5 Å². The third kappa shape index (κ3) is 3.36. The molecule has 1 N–H and O–H groups in total. The molecule has 0 bridgehead atoms. The molecule has 1 aliphatic carbocycles. The molecule has 0 radical (unpaired) electrons. The van der Waals surface area contributed by atoms with Crippen LogP contribution in [0.4, 0.5) is 0 Å². The molecular weight excluding hydrogens is 188 g/mol. The fourth-order valence-corrected chi connectivity index (χ4v) is 1.89. The van der Waals surface area contributed by atoms with Crippen molar-refractivity contribution in [3.05, 3.63) is 24.2 Å². The molecule has 1 aliphatic rings. The average Bonchev–Trinajstić information content (AvgIpc) is 2.95. The minimum atomic E-state index is 0.842. The van der Waals surface area contributed by atoms with E-state index in [2.05, 4.69) is 17.1 Å². The fraction of sp³-hybridized carbons (Fsp3) is 0.667. The van der Waals surface area contributed by atoms with Crippen molar-refractivity contribution in [3.8, 4) is 0 Å². The molecule has 0 atom stereocenters. The van der Waals surface area contributed by atoms with Gasteiger partial charge in [0.15, 0.2) is 0 Å². The summed E-state index contributed by atoms with van der Waals surface area (Å²) in [5.41, 5.74) is 0. The van der Waals surface area contributed by atoms with Gasteiger partial charge in [0.2, 0.25) is 0 Å². The van der Waals surface area contributed by atoms with Gasteiger partial charge in [-0.25, -0.2) is 0 Å². The predicted octanol–water partition coefficient (Wildman–Crippen LogP) is 1.85. The summed E-state index contributed by atoms with van der Waals surface area (Å²) in [5, 5.41) is 3.40. The quantitative estimate of drug-likeness (QED) is 0.693. The highest BCUT2D eigenvalue weighted by Gasteiger charge is 2.26. The highest BCUT2D eigenvalue weighted by atomic mass is 16.3. The zero-order valence-electron chi connectivity index (χ0n) is 9.41. The van der Waals surface area contributed by atoms with Gasteiger partial charge < -0.3 is 9.73 Å². The largest absolute Gasteiger partial charge is 0.468 e. The lowest BCUT2D eigenvalue weighted by molar-refractivity contribution is 0.275. The highest BCUT2D eigenvalue weighted by molar-refractivity contribution is 4.97. The first-order valence-corrected chi connectivity index (χ1v) is 5.87. The lowest BCUT2D eigenvalue weighted by Gasteiger charge is -2.19. The Kier molecular flexibility index (Phi) is 3.80. The molecule has 0 aromatic carbocycles. The second-order valence-corrected chi connectivity index (χ2v) is 4.12. The molecule has 0 aliphatic heterocycles. The molecule has 1 aromatic rings. The number of hydrogen-bond acceptors (Lipinski definition) is 3. The van der Waals surface area contributed by atoms with Crippen LogP contribution in [-0.4, -0.2) is 30.6 Å². The topological polar surface area (TPSA) is 28.4 Å². The molecule has 0 spiro atoms. The van der Waals surface area contributed by atoms with Crippen molar-refractivity contribution in [2.75, 3.05) is 19.6 Å². The van der Waals surface area contributed by atoms with Gasteiger partial charge in [0.1, 0.15) is 5.76 Å². The minimum absolute atomic E-state index is 0.842. The van der Waals surface area contributed by atoms with Gasteiger partial charge in [0, 0.05) is 19.1 Å². The standard InChI is InChI=1S/C12H20N2O/c1-2-14(11-5-6-11)8-7-13-10-12-4-3-9-15-12/h3-4,9,11,13H,2,5-8,10H2,1H3. The number of nitrogens with zero attached hydrogens (tertiary/aromatic N) is 1. The molecule has 2 rings (SSSR count). The molecule has 1 aromatic heterocycles. The van der Waals surface area contributed by atoms with Crippen LogP contribution >= 0.6 is 0 Å². The molecule has 15 heavy (non-hydrogen) atoms. The smallest absolute Gasteiger partial charge is 0.117 e. The third-order valence-electron chi connectivity index (χ3n) is 2.92. The Bertz CT molecular complexity index is 267. The lowest BCUT2D eigenvalue weighted by Crippen LogP contribution is -2.33. The van der Waals surface area contributed by atoms with Gasteiger partial charge in [0.05, 0.1) is 12.8 Å². The Labute approximate surface area is 91.4 Å². The molecular formula is C12H20N2O. The zero-order valence-corrected chi connectivity index (χ0v) is 9.41. The number of nitrogens with one attached hydrogen (secondary N) is 1. The van der Waals surface area contributed by atoms with Gasteiger partial charge in [-0.3, -0.25) is 4.90 Å². The lowest BCUT2D eigenvalue weighted by atomic mass is 10.4. The summed E-state index contributed by atoms with van der Waals surface area (Å²) >= 11 is 0. The summed E-state index contributed by atoms with van der Waals surface area (Å²) in [6.07, 6.45) is 4.51. The van der Waals surface area contributed by atoms with E-state index < -0.39 is 0 Å². The molecule has 3 nitrogen and oxygen atoms in total. The second kappa shape index (κ2) is 5.33. The van der Waals surface area contributed by atoms with Crippen LogP contribution in [-0.2, 0) is 6.54 Å². The molecule has 1 heterocycles. The predicted molar refractivity (Wildman–Crippen MR) is 60.7 cm³/mol. The van der Waals surface area contributed by atoms with E-state index >= 15 is 0 Å². The van der Waals surface area contributed by atoms with Gasteiger partial charge in [-0.15, -0.1) is 0 Å². The van der Waals surface area contributed by atoms with Crippen LogP contribution in [0.25, 0.3) is 0 Å². The van der Waals surface area contributed by atoms with E-state index in [0.29, 0.717) is 0 Å². The molecule has 0 amide bonds. The monoisotopic (exact) mass is 208 g/mol. The zero-order chi connectivity index (χ0) is 10.5. The maximum absolute atomic E-state index is 5.25. The first-order valence-electron chi connectivity index (χ1n) is 5.87. The van der Waals surface area contributed by atoms with Crippen LogP contribution in [0.3, 0.4) is 0 Å². The van der Waals surface area contributed by atoms with Gasteiger partial charge in [-0.2, -0.15) is 0 Å². The summed E-state index contributed by atoms with van der Waals surface area (Å²) in [7, 11) is 0. The van der Waals surface area contributed by atoms with Gasteiger partial charge in [0.25, 0.3) is 0 Å². The van der Waals surface area contributed by atoms with Crippen molar-refractivity contribution in [3.63, 3.8) is 0 Å². The fourth-order valence-electron chi connectivity index (χ4n) is 1.89. The van der Waals surface area contributed by atoms with E-state index in [-0.39, 0.29) is 0 Å². The molecule has 1 fully saturated rings. The number of furan rings is 1. The third-order valence-corrected chi connectivity index (χ3v) is 2.92. The Morgan fingerprint density at radius 1 is 1.53 bits per heavy atom. The Hall–Kier alpha value is -0.800. The summed E-state index contributed by atoms with van der Waals surface area (Å²) in [5.74, 6) is 1.02. The van der Waals surface area contributed by atoms with Crippen molar-refractivity contribution in [1.29, 1.82) is 0 Å². The van der Waals surface area contributed by atoms with Gasteiger partial charge in [-0.05, 0) is 31.5 Å². The van der Waals surface area contributed by atoms with Crippen molar-refractivity contribution >= 4 is 0 Å². The van der Waals surface area contributed by atoms with Crippen molar-refractivity contribution < 1.29 is 4.42 Å². The summed E-state index contributed by atoms with van der Waals surface area (Å²) in [6.45, 7) is 6.46. The van der Waals surface area contributed by atoms with Crippen molar-refractivity contribution in [1.82, 2.24) is 10.2 Å². The first kappa shape index (κ1) is 10.7. The average molecular weight is 208 g/mol. The molecule has 3 heteroatoms. The number of rotatable bonds is 7. The van der Waals surface area contributed by atoms with E-state index in [1.807, 2.05) is 12.1 Å². The van der Waals surface area contributed by atoms with E-state index in [9.17, 15) is 0 Å². The number of likely N-dealkylation sites (N-methyl/N-ethyl adjacent to an activating group) is 1. The maximum Gasteiger partial charge on any atom is 0.117 e. The molecule has 0 saturated heterocycles. The highest BCUT2D eigenvalue weighted by Crippen LogP contribution is 2.25. The van der Waals surface area contributed by atoms with Crippen molar-refractivity contribution in [2.24, 2.45) is 0 Å². The van der Waals surface area contributed by atoms with E-state index in [1.165, 1.54) is 19.4 Å². The van der Waals surface area contributed by atoms with Crippen molar-refractivity contribution in [2.45, 2.75) is 32.4 Å². The normalized spacial score (nSPS) is 16.1. The van der Waals surface area contributed by atoms with Crippen LogP contribution in [0.5, 0.6) is 0 Å². The first-order chi connectivity index (χ1) is 7.40. The Balaban J connectivity index is 1.58. The minimum Gasteiger partial charge on any atom is -0.468 e.